The quantitative estimate of drug-likeness (QED) is 0.340. The summed E-state index contributed by atoms with van der Waals surface area (Å²) in [5.74, 6) is 0.0670. The Kier molecular flexibility index (Phi) is 3.92. The van der Waals surface area contributed by atoms with Gasteiger partial charge in [0.1, 0.15) is 11.6 Å². The van der Waals surface area contributed by atoms with Gasteiger partial charge in [0.15, 0.2) is 6.29 Å². The number of methoxy groups -OCH3 is 1. The van der Waals surface area contributed by atoms with Crippen molar-refractivity contribution in [2.24, 2.45) is 0 Å². The second-order valence-corrected chi connectivity index (χ2v) is 6.34. The van der Waals surface area contributed by atoms with Crippen molar-refractivity contribution < 1.29 is 13.9 Å². The molecule has 0 spiro atoms. The third-order valence-corrected chi connectivity index (χ3v) is 4.84. The zero-order valence-electron chi connectivity index (χ0n) is 14.5. The van der Waals surface area contributed by atoms with Gasteiger partial charge in [-0.25, -0.2) is 4.39 Å². The fourth-order valence-electron chi connectivity index (χ4n) is 3.51. The van der Waals surface area contributed by atoms with Crippen molar-refractivity contribution in [2.45, 2.75) is 6.92 Å². The zero-order chi connectivity index (χ0) is 18.3. The van der Waals surface area contributed by atoms with Gasteiger partial charge in [0, 0.05) is 11.1 Å². The van der Waals surface area contributed by atoms with Crippen molar-refractivity contribution >= 4 is 27.8 Å². The highest BCUT2D eigenvalue weighted by molar-refractivity contribution is 6.09. The summed E-state index contributed by atoms with van der Waals surface area (Å²) < 4.78 is 20.5. The van der Waals surface area contributed by atoms with Gasteiger partial charge in [0.05, 0.1) is 12.7 Å². The number of hydrogen-bond acceptors (Lipinski definition) is 2. The Hall–Kier alpha value is -3.20. The summed E-state index contributed by atoms with van der Waals surface area (Å²) >= 11 is 0. The Balaban J connectivity index is 2.09. The van der Waals surface area contributed by atoms with Crippen LogP contribution in [-0.2, 0) is 0 Å². The molecular weight excluding hydrogens is 327 g/mol. The lowest BCUT2D eigenvalue weighted by Crippen LogP contribution is -1.98. The molecule has 0 amide bonds. The van der Waals surface area contributed by atoms with Crippen LogP contribution >= 0.6 is 0 Å². The van der Waals surface area contributed by atoms with E-state index in [4.69, 9.17) is 4.74 Å². The number of aldehydes is 1. The van der Waals surface area contributed by atoms with Gasteiger partial charge in [-0.15, -0.1) is 0 Å². The van der Waals surface area contributed by atoms with Crippen LogP contribution in [-0.4, -0.2) is 13.4 Å². The molecule has 0 bridgehead atoms. The number of benzene rings is 4. The average molecular weight is 344 g/mol. The highest BCUT2D eigenvalue weighted by atomic mass is 19.1. The number of fused-ring (bicyclic) bond motifs is 3. The van der Waals surface area contributed by atoms with Crippen molar-refractivity contribution in [3.63, 3.8) is 0 Å². The summed E-state index contributed by atoms with van der Waals surface area (Å²) in [6.45, 7) is 1.83. The minimum atomic E-state index is -0.515. The molecule has 0 N–H and O–H groups in total. The van der Waals surface area contributed by atoms with Gasteiger partial charge in [0.25, 0.3) is 0 Å². The summed E-state index contributed by atoms with van der Waals surface area (Å²) in [6, 6.07) is 19.3. The second kappa shape index (κ2) is 6.26. The standard InChI is InChI=1S/C23H17FO2/c1-14-7-8-17(13-25)23(24)22(14)20-11-16-10-9-15-5-3-4-6-18(15)19(16)12-21(20)26-2/h3-13H,1-2H3. The van der Waals surface area contributed by atoms with Crippen molar-refractivity contribution in [1.29, 1.82) is 0 Å². The lowest BCUT2D eigenvalue weighted by atomic mass is 9.93. The SMILES string of the molecule is COc1cc2c(ccc3ccccc32)cc1-c1c(C)ccc(C=O)c1F. The van der Waals surface area contributed by atoms with E-state index in [9.17, 15) is 9.18 Å². The van der Waals surface area contributed by atoms with Crippen LogP contribution in [0.4, 0.5) is 4.39 Å². The van der Waals surface area contributed by atoms with Crippen LogP contribution in [0.15, 0.2) is 60.7 Å². The molecule has 0 aliphatic rings. The molecule has 0 atom stereocenters. The number of halogens is 1. The van der Waals surface area contributed by atoms with Crippen molar-refractivity contribution in [3.8, 4) is 16.9 Å². The predicted octanol–water partition coefficient (Wildman–Crippen LogP) is 5.93. The summed E-state index contributed by atoms with van der Waals surface area (Å²) in [4.78, 5) is 11.2. The first-order valence-electron chi connectivity index (χ1n) is 8.38. The van der Waals surface area contributed by atoms with Gasteiger partial charge in [-0.05, 0) is 52.2 Å². The molecular formula is C23H17FO2. The van der Waals surface area contributed by atoms with Gasteiger partial charge in [-0.3, -0.25) is 4.79 Å². The van der Waals surface area contributed by atoms with Crippen LogP contribution in [0.25, 0.3) is 32.7 Å². The third-order valence-electron chi connectivity index (χ3n) is 4.84. The third kappa shape index (κ3) is 2.44. The summed E-state index contributed by atoms with van der Waals surface area (Å²) in [5, 5.41) is 4.30. The molecule has 0 radical (unpaired) electrons. The number of aryl methyl sites for hydroxylation is 1. The van der Waals surface area contributed by atoms with Crippen LogP contribution < -0.4 is 4.74 Å². The van der Waals surface area contributed by atoms with E-state index in [1.165, 1.54) is 6.07 Å². The molecule has 2 nitrogen and oxygen atoms in total. The largest absolute Gasteiger partial charge is 0.496 e. The Morgan fingerprint density at radius 3 is 2.46 bits per heavy atom. The molecule has 26 heavy (non-hydrogen) atoms. The predicted molar refractivity (Wildman–Crippen MR) is 104 cm³/mol. The highest BCUT2D eigenvalue weighted by Gasteiger charge is 2.18. The molecule has 4 aromatic carbocycles. The fraction of sp³-hybridized carbons (Fsp3) is 0.0870. The van der Waals surface area contributed by atoms with Gasteiger partial charge in [0.2, 0.25) is 0 Å². The van der Waals surface area contributed by atoms with Crippen LogP contribution in [0.2, 0.25) is 0 Å². The summed E-state index contributed by atoms with van der Waals surface area (Å²) in [5.41, 5.74) is 1.85. The van der Waals surface area contributed by atoms with E-state index < -0.39 is 5.82 Å². The number of hydrogen-bond donors (Lipinski definition) is 0. The van der Waals surface area contributed by atoms with E-state index in [1.54, 1.807) is 13.2 Å². The van der Waals surface area contributed by atoms with Crippen LogP contribution in [0, 0.1) is 12.7 Å². The molecule has 3 heteroatoms. The molecule has 0 aliphatic heterocycles. The average Bonchev–Trinajstić information content (AvgIpc) is 2.67. The van der Waals surface area contributed by atoms with Gasteiger partial charge in [-0.2, -0.15) is 0 Å². The molecule has 0 saturated heterocycles. The van der Waals surface area contributed by atoms with E-state index in [1.807, 2.05) is 37.3 Å². The van der Waals surface area contributed by atoms with Crippen molar-refractivity contribution in [3.05, 3.63) is 77.6 Å². The summed E-state index contributed by atoms with van der Waals surface area (Å²) in [6.07, 6.45) is 0.541. The van der Waals surface area contributed by atoms with Crippen molar-refractivity contribution in [1.82, 2.24) is 0 Å². The number of rotatable bonds is 3. The molecule has 0 fully saturated rings. The molecule has 0 aromatic heterocycles. The Morgan fingerprint density at radius 2 is 1.69 bits per heavy atom. The monoisotopic (exact) mass is 344 g/mol. The zero-order valence-corrected chi connectivity index (χ0v) is 14.5. The molecule has 4 aromatic rings. The van der Waals surface area contributed by atoms with E-state index in [2.05, 4.69) is 18.2 Å². The number of carbonyl (C=O) groups is 1. The van der Waals surface area contributed by atoms with Crippen LogP contribution in [0.3, 0.4) is 0 Å². The normalized spacial score (nSPS) is 11.0. The van der Waals surface area contributed by atoms with E-state index in [-0.39, 0.29) is 5.56 Å². The molecule has 0 unspecified atom stereocenters. The summed E-state index contributed by atoms with van der Waals surface area (Å²) in [7, 11) is 1.58. The van der Waals surface area contributed by atoms with Crippen LogP contribution in [0.5, 0.6) is 5.75 Å². The van der Waals surface area contributed by atoms with Gasteiger partial charge < -0.3 is 4.74 Å². The molecule has 4 rings (SSSR count). The molecule has 0 saturated carbocycles. The van der Waals surface area contributed by atoms with Gasteiger partial charge in [-0.1, -0.05) is 42.5 Å². The van der Waals surface area contributed by atoms with Gasteiger partial charge >= 0.3 is 0 Å². The highest BCUT2D eigenvalue weighted by Crippen LogP contribution is 2.39. The minimum Gasteiger partial charge on any atom is -0.496 e. The van der Waals surface area contributed by atoms with E-state index in [0.717, 1.165) is 27.1 Å². The van der Waals surface area contributed by atoms with E-state index in [0.29, 0.717) is 23.2 Å². The lowest BCUT2D eigenvalue weighted by molar-refractivity contribution is 0.112. The Labute approximate surface area is 150 Å². The molecule has 0 heterocycles. The maximum absolute atomic E-state index is 14.9. The first-order chi connectivity index (χ1) is 12.6. The smallest absolute Gasteiger partial charge is 0.153 e. The molecule has 0 aliphatic carbocycles. The fourth-order valence-corrected chi connectivity index (χ4v) is 3.51. The number of carbonyl (C=O) groups excluding carboxylic acids is 1. The first kappa shape index (κ1) is 16.3. The number of ether oxygens (including phenoxy) is 1. The van der Waals surface area contributed by atoms with E-state index >= 15 is 0 Å². The minimum absolute atomic E-state index is 0.0475. The topological polar surface area (TPSA) is 26.3 Å². The maximum Gasteiger partial charge on any atom is 0.153 e. The maximum atomic E-state index is 14.9. The molecule has 128 valence electrons. The Bertz CT molecular complexity index is 1160. The van der Waals surface area contributed by atoms with Crippen molar-refractivity contribution in [2.75, 3.05) is 7.11 Å². The second-order valence-electron chi connectivity index (χ2n) is 6.34. The lowest BCUT2D eigenvalue weighted by Gasteiger charge is -2.15. The first-order valence-corrected chi connectivity index (χ1v) is 8.38. The Morgan fingerprint density at radius 1 is 0.923 bits per heavy atom. The van der Waals surface area contributed by atoms with Crippen LogP contribution in [0.1, 0.15) is 15.9 Å².